The fraction of sp³-hybridized carbons (Fsp3) is 0.250. The number of unbranched alkanes of at least 4 members (excludes halogenated alkanes) is 14. The zero-order chi connectivity index (χ0) is 65.4. The molecule has 0 aromatic heterocycles. The summed E-state index contributed by atoms with van der Waals surface area (Å²) >= 11 is 0. The second-order valence-electron chi connectivity index (χ2n) is 22.8. The average Bonchev–Trinajstić information content (AvgIpc) is 2.06. The first-order chi connectivity index (χ1) is 46.1. The Morgan fingerprint density at radius 3 is 0.957 bits per heavy atom. The maximum Gasteiger partial charge on any atom is 0.343 e. The van der Waals surface area contributed by atoms with E-state index in [1.807, 2.05) is 109 Å². The van der Waals surface area contributed by atoms with Crippen molar-refractivity contribution in [3.8, 4) is 80.4 Å². The van der Waals surface area contributed by atoms with E-state index in [0.29, 0.717) is 71.6 Å². The highest BCUT2D eigenvalue weighted by Crippen LogP contribution is 2.29. The number of rotatable bonds is 36. The van der Waals surface area contributed by atoms with Crippen molar-refractivity contribution in [2.75, 3.05) is 26.4 Å². The summed E-state index contributed by atoms with van der Waals surface area (Å²) in [7, 11) is 0. The lowest BCUT2D eigenvalue weighted by atomic mass is 10.0. The molecule has 478 valence electrons. The van der Waals surface area contributed by atoms with Gasteiger partial charge in [-0.25, -0.2) is 9.59 Å². The van der Waals surface area contributed by atoms with Gasteiger partial charge in [-0.3, -0.25) is 9.98 Å². The number of hydrogen-bond donors (Lipinski definition) is 2. The molecule has 9 aromatic carbocycles. The second-order valence-corrected chi connectivity index (χ2v) is 22.8. The first kappa shape index (κ1) is 67.4. The van der Waals surface area contributed by atoms with Crippen LogP contribution in [0.25, 0.3) is 22.3 Å². The van der Waals surface area contributed by atoms with Crippen molar-refractivity contribution >= 4 is 35.7 Å². The third kappa shape index (κ3) is 22.2. The molecule has 0 heterocycles. The smallest absolute Gasteiger partial charge is 0.343 e. The Hall–Kier alpha value is -11.0. The first-order valence-corrected chi connectivity index (χ1v) is 32.4. The predicted molar refractivity (Wildman–Crippen MR) is 369 cm³/mol. The molecule has 2 N–H and O–H groups in total. The van der Waals surface area contributed by atoms with Crippen LogP contribution in [0.5, 0.6) is 46.0 Å². The predicted octanol–water partition coefficient (Wildman–Crippen LogP) is 19.3. The number of aromatic hydroxyl groups is 2. The molecule has 14 nitrogen and oxygen atoms in total. The fourth-order valence-corrected chi connectivity index (χ4v) is 10.3. The standard InChI is InChI=1S/C80H78N4O10/c81-55-59-20-24-61(25-21-59)63-32-42-71(43-33-63)89-48-13-9-5-1-3-7-11-15-50-91-73-46-36-67(77(85)53-73)57-83-69-38-28-65(29-39-69)79(87)93-75-18-17-19-76(52-75)94-80(88)66-30-40-70(41-31-66)84-58-68-37-47-74(54-78(68)86)92-51-16-12-8-4-2-6-10-14-49-90-72-44-34-64(35-45-72)62-26-22-60(56-82)23-27-62/h17-47,52-54,57-58,85-86H,1-16,48-51H2. The van der Waals surface area contributed by atoms with E-state index in [9.17, 15) is 19.8 Å². The molecule has 0 unspecified atom stereocenters. The van der Waals surface area contributed by atoms with Crippen molar-refractivity contribution in [2.45, 2.75) is 103 Å². The quantitative estimate of drug-likeness (QED) is 0.0163. The van der Waals surface area contributed by atoms with Crippen LogP contribution in [-0.2, 0) is 0 Å². The molecule has 9 rings (SSSR count). The van der Waals surface area contributed by atoms with E-state index in [1.165, 1.54) is 44.6 Å². The molecule has 14 heteroatoms. The van der Waals surface area contributed by atoms with Crippen LogP contribution in [0.1, 0.15) is 146 Å². The Morgan fingerprint density at radius 1 is 0.340 bits per heavy atom. The third-order valence-electron chi connectivity index (χ3n) is 15.7. The SMILES string of the molecule is N#Cc1ccc(-c2ccc(OCCCCCCCCCCOc3ccc(C=Nc4ccc(C(=O)Oc5cccc(OC(=O)c6ccc(N=Cc7ccc(OCCCCCCCCCCOc8ccc(-c9ccc(C#N)cc9)cc8)cc7O)cc6)c5)cc4)c(O)c3)cc2)cc1. The average molecular weight is 1260 g/mol. The van der Waals surface area contributed by atoms with E-state index in [0.717, 1.165) is 98.0 Å². The molecule has 0 fully saturated rings. The lowest BCUT2D eigenvalue weighted by Crippen LogP contribution is -2.10. The van der Waals surface area contributed by atoms with Crippen molar-refractivity contribution in [3.63, 3.8) is 0 Å². The molecule has 0 atom stereocenters. The van der Waals surface area contributed by atoms with Crippen LogP contribution in [0.2, 0.25) is 0 Å². The maximum atomic E-state index is 13.1. The minimum atomic E-state index is -0.614. The summed E-state index contributed by atoms with van der Waals surface area (Å²) in [6.07, 6.45) is 20.8. The zero-order valence-electron chi connectivity index (χ0n) is 52.9. The normalized spacial score (nSPS) is 11.0. The van der Waals surface area contributed by atoms with Gasteiger partial charge in [0.25, 0.3) is 0 Å². The van der Waals surface area contributed by atoms with Crippen LogP contribution in [-0.4, -0.2) is 61.0 Å². The lowest BCUT2D eigenvalue weighted by molar-refractivity contribution is 0.0732. The Labute approximate surface area is 551 Å². The van der Waals surface area contributed by atoms with Gasteiger partial charge in [-0.2, -0.15) is 10.5 Å². The van der Waals surface area contributed by atoms with E-state index in [2.05, 4.69) is 22.1 Å². The summed E-state index contributed by atoms with van der Waals surface area (Å²) in [6.45, 7) is 2.53. The highest BCUT2D eigenvalue weighted by atomic mass is 16.5. The summed E-state index contributed by atoms with van der Waals surface area (Å²) in [5.41, 5.74) is 8.36. The number of nitriles is 2. The third-order valence-corrected chi connectivity index (χ3v) is 15.7. The molecule has 0 saturated heterocycles. The molecular formula is C80H78N4O10. The Morgan fingerprint density at radius 2 is 0.638 bits per heavy atom. The van der Waals surface area contributed by atoms with Crippen molar-refractivity contribution < 1.29 is 48.2 Å². The van der Waals surface area contributed by atoms with E-state index in [1.54, 1.807) is 103 Å². The molecule has 0 amide bonds. The van der Waals surface area contributed by atoms with Crippen molar-refractivity contribution in [1.82, 2.24) is 0 Å². The number of aliphatic imine (C=N–C) groups is 2. The Bertz CT molecular complexity index is 3730. The van der Waals surface area contributed by atoms with Crippen LogP contribution in [0.3, 0.4) is 0 Å². The van der Waals surface area contributed by atoms with Gasteiger partial charge in [-0.05, 0) is 181 Å². The topological polar surface area (TPSA) is 202 Å². The monoisotopic (exact) mass is 1250 g/mol. The highest BCUT2D eigenvalue weighted by Gasteiger charge is 2.14. The van der Waals surface area contributed by atoms with E-state index >= 15 is 0 Å². The molecule has 0 saturated carbocycles. The summed E-state index contributed by atoms with van der Waals surface area (Å²) < 4.78 is 35.0. The van der Waals surface area contributed by atoms with Crippen LogP contribution >= 0.6 is 0 Å². The highest BCUT2D eigenvalue weighted by molar-refractivity contribution is 5.93. The number of esters is 2. The van der Waals surface area contributed by atoms with Gasteiger partial charge in [0, 0.05) is 41.8 Å². The maximum absolute atomic E-state index is 13.1. The van der Waals surface area contributed by atoms with Crippen LogP contribution in [0.15, 0.2) is 216 Å². The zero-order valence-corrected chi connectivity index (χ0v) is 52.9. The second kappa shape index (κ2) is 36.8. The van der Waals surface area contributed by atoms with Gasteiger partial charge >= 0.3 is 11.9 Å². The number of carbonyl (C=O) groups is 2. The van der Waals surface area contributed by atoms with Crippen molar-refractivity contribution in [1.29, 1.82) is 10.5 Å². The number of phenols is 2. The minimum absolute atomic E-state index is 0.0425. The number of benzene rings is 9. The summed E-state index contributed by atoms with van der Waals surface area (Å²) in [6, 6.07) is 65.2. The van der Waals surface area contributed by atoms with Gasteiger partial charge in [0.05, 0.1) is 72.2 Å². The molecule has 0 aliphatic carbocycles. The Kier molecular flexibility index (Phi) is 26.4. The molecule has 0 radical (unpaired) electrons. The Balaban J connectivity index is 0.590. The van der Waals surface area contributed by atoms with Gasteiger partial charge in [0.2, 0.25) is 0 Å². The number of nitrogens with zero attached hydrogens (tertiary/aromatic N) is 4. The van der Waals surface area contributed by atoms with Crippen molar-refractivity contribution in [2.24, 2.45) is 9.98 Å². The molecule has 0 spiro atoms. The van der Waals surface area contributed by atoms with Crippen LogP contribution in [0.4, 0.5) is 11.4 Å². The molecule has 0 aliphatic heterocycles. The number of carbonyl (C=O) groups excluding carboxylic acids is 2. The van der Waals surface area contributed by atoms with Crippen LogP contribution < -0.4 is 28.4 Å². The van der Waals surface area contributed by atoms with Gasteiger partial charge in [0.15, 0.2) is 0 Å². The number of hydrogen-bond acceptors (Lipinski definition) is 14. The molecule has 94 heavy (non-hydrogen) atoms. The van der Waals surface area contributed by atoms with Gasteiger partial charge < -0.3 is 38.6 Å². The minimum Gasteiger partial charge on any atom is -0.507 e. The summed E-state index contributed by atoms with van der Waals surface area (Å²) in [4.78, 5) is 35.2. The van der Waals surface area contributed by atoms with E-state index in [-0.39, 0.29) is 34.1 Å². The van der Waals surface area contributed by atoms with Crippen LogP contribution in [0, 0.1) is 22.7 Å². The molecule has 0 aliphatic rings. The van der Waals surface area contributed by atoms with E-state index in [4.69, 9.17) is 38.9 Å². The molecular weight excluding hydrogens is 1180 g/mol. The molecule has 0 bridgehead atoms. The number of phenolic OH excluding ortho intramolecular Hbond substituents is 2. The molecule has 9 aromatic rings. The number of ether oxygens (including phenoxy) is 6. The lowest BCUT2D eigenvalue weighted by Gasteiger charge is -2.09. The summed E-state index contributed by atoms with van der Waals surface area (Å²) in [5.74, 6) is 2.14. The first-order valence-electron chi connectivity index (χ1n) is 32.4. The van der Waals surface area contributed by atoms with E-state index < -0.39 is 11.9 Å². The largest absolute Gasteiger partial charge is 0.507 e. The summed E-state index contributed by atoms with van der Waals surface area (Å²) in [5, 5.41) is 39.5. The van der Waals surface area contributed by atoms with Gasteiger partial charge in [0.1, 0.15) is 46.0 Å². The fourth-order valence-electron chi connectivity index (χ4n) is 10.3. The van der Waals surface area contributed by atoms with Gasteiger partial charge in [-0.15, -0.1) is 0 Å². The van der Waals surface area contributed by atoms with Gasteiger partial charge in [-0.1, -0.05) is 132 Å². The van der Waals surface area contributed by atoms with Crippen molar-refractivity contribution in [3.05, 3.63) is 240 Å².